The van der Waals surface area contributed by atoms with Gasteiger partial charge in [-0.25, -0.2) is 0 Å². The highest BCUT2D eigenvalue weighted by Gasteiger charge is 2.13. The summed E-state index contributed by atoms with van der Waals surface area (Å²) in [5, 5.41) is 13.8. The van der Waals surface area contributed by atoms with Crippen molar-refractivity contribution in [3.05, 3.63) is 38.8 Å². The molecule has 0 aliphatic carbocycles. The van der Waals surface area contributed by atoms with Gasteiger partial charge in [-0.1, -0.05) is 5.11 Å². The zero-order chi connectivity index (χ0) is 10.6. The first-order valence-corrected chi connectivity index (χ1v) is 3.56. The Labute approximate surface area is 78.7 Å². The van der Waals surface area contributed by atoms with Crippen LogP contribution in [0.4, 0.5) is 11.4 Å². The molecule has 0 aliphatic heterocycles. The van der Waals surface area contributed by atoms with Crippen LogP contribution in [-0.2, 0) is 0 Å². The van der Waals surface area contributed by atoms with Crippen LogP contribution in [-0.4, -0.2) is 12.0 Å². The summed E-state index contributed by atoms with van der Waals surface area (Å²) in [5.41, 5.74) is 8.26. The lowest BCUT2D eigenvalue weighted by atomic mass is 10.2. The summed E-state index contributed by atoms with van der Waals surface area (Å²) in [4.78, 5) is 12.5. The van der Waals surface area contributed by atoms with Gasteiger partial charge in [-0.15, -0.1) is 0 Å². The quantitative estimate of drug-likeness (QED) is 0.243. The van der Waals surface area contributed by atoms with Crippen LogP contribution in [0.5, 0.6) is 5.75 Å². The molecular formula is C7H6N4O3. The first-order valence-electron chi connectivity index (χ1n) is 3.56. The number of azide groups is 1. The van der Waals surface area contributed by atoms with Crippen LogP contribution in [0.1, 0.15) is 0 Å². The maximum absolute atomic E-state index is 10.5. The molecule has 0 spiro atoms. The molecule has 0 saturated carbocycles. The largest absolute Gasteiger partial charge is 0.490 e. The monoisotopic (exact) mass is 194 g/mol. The minimum Gasteiger partial charge on any atom is -0.490 e. The first-order chi connectivity index (χ1) is 6.69. The summed E-state index contributed by atoms with van der Waals surface area (Å²) in [6, 6.07) is 3.88. The first kappa shape index (κ1) is 9.82. The molecule has 0 unspecified atom stereocenters. The molecule has 0 fully saturated rings. The second-order valence-electron chi connectivity index (χ2n) is 2.30. The van der Waals surface area contributed by atoms with Crippen molar-refractivity contribution in [2.75, 3.05) is 7.11 Å². The van der Waals surface area contributed by atoms with Crippen molar-refractivity contribution in [3.63, 3.8) is 0 Å². The van der Waals surface area contributed by atoms with Crippen LogP contribution < -0.4 is 4.74 Å². The van der Waals surface area contributed by atoms with Gasteiger partial charge >= 0.3 is 5.69 Å². The normalized spacial score (nSPS) is 8.93. The van der Waals surface area contributed by atoms with E-state index in [0.717, 1.165) is 0 Å². The smallest absolute Gasteiger partial charge is 0.310 e. The molecule has 7 nitrogen and oxygen atoms in total. The molecule has 0 N–H and O–H groups in total. The SMILES string of the molecule is COc1cc(N=[N+]=[N-])ccc1[N+](=O)[O-]. The van der Waals surface area contributed by atoms with Crippen LogP contribution in [0.2, 0.25) is 0 Å². The Morgan fingerprint density at radius 1 is 1.64 bits per heavy atom. The maximum atomic E-state index is 10.5. The molecule has 0 atom stereocenters. The van der Waals surface area contributed by atoms with Crippen LogP contribution >= 0.6 is 0 Å². The minimum atomic E-state index is -0.571. The number of ether oxygens (including phenoxy) is 1. The average molecular weight is 194 g/mol. The van der Waals surface area contributed by atoms with E-state index in [1.807, 2.05) is 0 Å². The predicted molar refractivity (Wildman–Crippen MR) is 48.5 cm³/mol. The van der Waals surface area contributed by atoms with Crippen LogP contribution in [0, 0.1) is 10.1 Å². The number of nitro groups is 1. The van der Waals surface area contributed by atoms with Crippen molar-refractivity contribution in [2.45, 2.75) is 0 Å². The third-order valence-corrected chi connectivity index (χ3v) is 1.52. The fourth-order valence-electron chi connectivity index (χ4n) is 0.931. The second kappa shape index (κ2) is 4.11. The highest BCUT2D eigenvalue weighted by atomic mass is 16.6. The van der Waals surface area contributed by atoms with Gasteiger partial charge in [0, 0.05) is 16.7 Å². The number of methoxy groups -OCH3 is 1. The van der Waals surface area contributed by atoms with Crippen molar-refractivity contribution in [2.24, 2.45) is 5.11 Å². The zero-order valence-electron chi connectivity index (χ0n) is 7.25. The standard InChI is InChI=1S/C7H6N4O3/c1-14-7-4-5(9-10-8)2-3-6(7)11(12)13/h2-4H,1H3. The van der Waals surface area contributed by atoms with E-state index in [1.165, 1.54) is 25.3 Å². The Bertz CT molecular complexity index is 411. The van der Waals surface area contributed by atoms with E-state index in [2.05, 4.69) is 10.0 Å². The van der Waals surface area contributed by atoms with Crippen molar-refractivity contribution >= 4 is 11.4 Å². The Balaban J connectivity index is 3.24. The topological polar surface area (TPSA) is 101 Å². The fraction of sp³-hybridized carbons (Fsp3) is 0.143. The molecule has 1 aromatic carbocycles. The highest BCUT2D eigenvalue weighted by molar-refractivity contribution is 5.55. The third-order valence-electron chi connectivity index (χ3n) is 1.52. The van der Waals surface area contributed by atoms with Crippen molar-refractivity contribution in [1.29, 1.82) is 0 Å². The van der Waals surface area contributed by atoms with E-state index in [1.54, 1.807) is 0 Å². The Morgan fingerprint density at radius 2 is 2.36 bits per heavy atom. The number of benzene rings is 1. The van der Waals surface area contributed by atoms with Crippen LogP contribution in [0.3, 0.4) is 0 Å². The molecule has 0 heterocycles. The third kappa shape index (κ3) is 1.90. The van der Waals surface area contributed by atoms with E-state index in [0.29, 0.717) is 0 Å². The molecule has 72 valence electrons. The van der Waals surface area contributed by atoms with E-state index < -0.39 is 4.92 Å². The van der Waals surface area contributed by atoms with Gasteiger partial charge < -0.3 is 4.74 Å². The van der Waals surface area contributed by atoms with E-state index in [9.17, 15) is 10.1 Å². The van der Waals surface area contributed by atoms with Crippen molar-refractivity contribution < 1.29 is 9.66 Å². The summed E-state index contributed by atoms with van der Waals surface area (Å²) in [6.45, 7) is 0. The van der Waals surface area contributed by atoms with Gasteiger partial charge in [-0.05, 0) is 17.7 Å². The van der Waals surface area contributed by atoms with Crippen molar-refractivity contribution in [1.82, 2.24) is 0 Å². The van der Waals surface area contributed by atoms with Gasteiger partial charge in [0.15, 0.2) is 5.75 Å². The lowest BCUT2D eigenvalue weighted by molar-refractivity contribution is -0.385. The fourth-order valence-corrected chi connectivity index (χ4v) is 0.931. The summed E-state index contributed by atoms with van der Waals surface area (Å²) in [6.07, 6.45) is 0. The Morgan fingerprint density at radius 3 is 2.86 bits per heavy atom. The van der Waals surface area contributed by atoms with Crippen molar-refractivity contribution in [3.8, 4) is 5.75 Å². The van der Waals surface area contributed by atoms with Gasteiger partial charge in [-0.2, -0.15) is 0 Å². The second-order valence-corrected chi connectivity index (χ2v) is 2.30. The van der Waals surface area contributed by atoms with Gasteiger partial charge in [0.05, 0.1) is 12.0 Å². The molecular weight excluding hydrogens is 188 g/mol. The molecule has 0 amide bonds. The molecule has 1 aromatic rings. The molecule has 0 bridgehead atoms. The van der Waals surface area contributed by atoms with Gasteiger partial charge in [0.25, 0.3) is 0 Å². The molecule has 0 aliphatic rings. The highest BCUT2D eigenvalue weighted by Crippen LogP contribution is 2.30. The molecule has 14 heavy (non-hydrogen) atoms. The summed E-state index contributed by atoms with van der Waals surface area (Å²) in [7, 11) is 1.31. The van der Waals surface area contributed by atoms with Gasteiger partial charge in [0.2, 0.25) is 0 Å². The maximum Gasteiger partial charge on any atom is 0.310 e. The van der Waals surface area contributed by atoms with E-state index in [4.69, 9.17) is 10.3 Å². The average Bonchev–Trinajstić information content (AvgIpc) is 2.17. The molecule has 7 heteroatoms. The predicted octanol–water partition coefficient (Wildman–Crippen LogP) is 2.55. The Kier molecular flexibility index (Phi) is 2.88. The zero-order valence-corrected chi connectivity index (χ0v) is 7.25. The number of hydrogen-bond donors (Lipinski definition) is 0. The minimum absolute atomic E-state index is 0.0694. The van der Waals surface area contributed by atoms with Crippen LogP contribution in [0.15, 0.2) is 23.3 Å². The Hall–Kier alpha value is -2.27. The van der Waals surface area contributed by atoms with E-state index in [-0.39, 0.29) is 17.1 Å². The summed E-state index contributed by atoms with van der Waals surface area (Å²) < 4.78 is 4.77. The number of hydrogen-bond acceptors (Lipinski definition) is 4. The lowest BCUT2D eigenvalue weighted by Crippen LogP contribution is -1.92. The lowest BCUT2D eigenvalue weighted by Gasteiger charge is -2.01. The molecule has 0 aromatic heterocycles. The van der Waals surface area contributed by atoms with E-state index >= 15 is 0 Å². The number of nitro benzene ring substituents is 1. The van der Waals surface area contributed by atoms with Gasteiger partial charge in [-0.3, -0.25) is 10.1 Å². The van der Waals surface area contributed by atoms with Crippen LogP contribution in [0.25, 0.3) is 10.4 Å². The molecule has 1 rings (SSSR count). The van der Waals surface area contributed by atoms with Gasteiger partial charge in [0.1, 0.15) is 0 Å². The molecule has 0 radical (unpaired) electrons. The number of nitrogens with zero attached hydrogens (tertiary/aromatic N) is 4. The molecule has 0 saturated heterocycles. The summed E-state index contributed by atoms with van der Waals surface area (Å²) >= 11 is 0. The summed E-state index contributed by atoms with van der Waals surface area (Å²) in [5.74, 6) is 0.0694. The number of rotatable bonds is 3.